The second-order valence-electron chi connectivity index (χ2n) is 5.02. The molecule has 1 heterocycles. The van der Waals surface area contributed by atoms with E-state index in [9.17, 15) is 18.9 Å². The maximum absolute atomic E-state index is 13.6. The van der Waals surface area contributed by atoms with E-state index < -0.39 is 22.2 Å². The Morgan fingerprint density at radius 2 is 2.25 bits per heavy atom. The van der Waals surface area contributed by atoms with Crippen molar-refractivity contribution in [1.82, 2.24) is 5.32 Å². The average molecular weight is 285 g/mol. The molecule has 0 aliphatic carbocycles. The van der Waals surface area contributed by atoms with Crippen LogP contribution in [0.4, 0.5) is 20.2 Å². The van der Waals surface area contributed by atoms with Gasteiger partial charge in [-0.25, -0.2) is 4.39 Å². The summed E-state index contributed by atoms with van der Waals surface area (Å²) < 4.78 is 27.0. The molecule has 1 aromatic rings. The van der Waals surface area contributed by atoms with E-state index in [-0.39, 0.29) is 5.69 Å². The quantitative estimate of drug-likeness (QED) is 0.681. The van der Waals surface area contributed by atoms with Gasteiger partial charge in [-0.2, -0.15) is 4.39 Å². The Morgan fingerprint density at radius 3 is 2.90 bits per heavy atom. The van der Waals surface area contributed by atoms with E-state index in [2.05, 4.69) is 5.32 Å². The largest absolute Gasteiger partial charge is 0.365 e. The highest BCUT2D eigenvalue weighted by Crippen LogP contribution is 2.34. The molecule has 1 atom stereocenters. The lowest BCUT2D eigenvalue weighted by molar-refractivity contribution is -0.386. The Hall–Kier alpha value is -1.76. The Morgan fingerprint density at radius 1 is 1.50 bits per heavy atom. The van der Waals surface area contributed by atoms with E-state index >= 15 is 0 Å². The van der Waals surface area contributed by atoms with E-state index in [0.29, 0.717) is 25.1 Å². The van der Waals surface area contributed by atoms with Gasteiger partial charge in [0, 0.05) is 25.2 Å². The van der Waals surface area contributed by atoms with Gasteiger partial charge in [-0.3, -0.25) is 10.1 Å². The molecule has 5 nitrogen and oxygen atoms in total. The smallest absolute Gasteiger partial charge is 0.328 e. The second kappa shape index (κ2) is 6.13. The van der Waals surface area contributed by atoms with Crippen LogP contribution in [0.25, 0.3) is 0 Å². The van der Waals surface area contributed by atoms with Crippen LogP contribution in [0.2, 0.25) is 0 Å². The van der Waals surface area contributed by atoms with Gasteiger partial charge < -0.3 is 10.2 Å². The molecule has 0 bridgehead atoms. The number of piperidine rings is 1. The van der Waals surface area contributed by atoms with Crippen molar-refractivity contribution in [2.75, 3.05) is 31.6 Å². The highest BCUT2D eigenvalue weighted by atomic mass is 19.1. The summed E-state index contributed by atoms with van der Waals surface area (Å²) in [4.78, 5) is 11.9. The highest BCUT2D eigenvalue weighted by Gasteiger charge is 2.29. The van der Waals surface area contributed by atoms with Crippen molar-refractivity contribution in [3.8, 4) is 0 Å². The van der Waals surface area contributed by atoms with Crippen LogP contribution in [0, 0.1) is 27.7 Å². The van der Waals surface area contributed by atoms with Crippen molar-refractivity contribution >= 4 is 11.4 Å². The molecule has 1 unspecified atom stereocenters. The molecule has 0 saturated carbocycles. The Bertz CT molecular complexity index is 509. The van der Waals surface area contributed by atoms with Crippen molar-refractivity contribution in [2.24, 2.45) is 5.92 Å². The van der Waals surface area contributed by atoms with Gasteiger partial charge in [0.1, 0.15) is 11.5 Å². The number of rotatable bonds is 4. The van der Waals surface area contributed by atoms with Gasteiger partial charge in [0.15, 0.2) is 0 Å². The lowest BCUT2D eigenvalue weighted by Crippen LogP contribution is -2.39. The number of anilines is 1. The number of hydrogen-bond acceptors (Lipinski definition) is 4. The summed E-state index contributed by atoms with van der Waals surface area (Å²) in [6, 6.07) is 1.60. The van der Waals surface area contributed by atoms with Crippen molar-refractivity contribution in [3.63, 3.8) is 0 Å². The molecule has 7 heteroatoms. The minimum Gasteiger partial charge on any atom is -0.365 e. The summed E-state index contributed by atoms with van der Waals surface area (Å²) in [6.45, 7) is 1.91. The third-order valence-corrected chi connectivity index (χ3v) is 3.54. The van der Waals surface area contributed by atoms with Crippen LogP contribution in [0.15, 0.2) is 12.1 Å². The van der Waals surface area contributed by atoms with Gasteiger partial charge in [-0.15, -0.1) is 0 Å². The van der Waals surface area contributed by atoms with Gasteiger partial charge in [0.05, 0.1) is 4.92 Å². The van der Waals surface area contributed by atoms with Crippen LogP contribution >= 0.6 is 0 Å². The van der Waals surface area contributed by atoms with E-state index in [1.807, 2.05) is 7.05 Å². The Kier molecular flexibility index (Phi) is 4.49. The van der Waals surface area contributed by atoms with Crippen molar-refractivity contribution < 1.29 is 13.7 Å². The van der Waals surface area contributed by atoms with Gasteiger partial charge in [0.25, 0.3) is 0 Å². The predicted molar refractivity (Wildman–Crippen MR) is 71.9 cm³/mol. The van der Waals surface area contributed by atoms with Crippen LogP contribution < -0.4 is 10.2 Å². The number of nitro groups is 1. The highest BCUT2D eigenvalue weighted by molar-refractivity contribution is 5.64. The SMILES string of the molecule is CNCC1CCCN(c2cc(F)cc(F)c2[N+](=O)[O-])C1. The molecule has 1 aliphatic rings. The first-order chi connectivity index (χ1) is 9.52. The molecule has 0 aromatic heterocycles. The normalized spacial score (nSPS) is 19.1. The Balaban J connectivity index is 2.33. The molecule has 0 radical (unpaired) electrons. The van der Waals surface area contributed by atoms with Crippen LogP contribution in [-0.4, -0.2) is 31.6 Å². The average Bonchev–Trinajstić information content (AvgIpc) is 2.38. The fourth-order valence-corrected chi connectivity index (χ4v) is 2.71. The predicted octanol–water partition coefficient (Wildman–Crippen LogP) is 2.31. The molecule has 1 aliphatic heterocycles. The summed E-state index contributed by atoms with van der Waals surface area (Å²) in [7, 11) is 1.84. The molecule has 1 saturated heterocycles. The van der Waals surface area contributed by atoms with Gasteiger partial charge in [-0.1, -0.05) is 0 Å². The number of halogens is 2. The third-order valence-electron chi connectivity index (χ3n) is 3.54. The lowest BCUT2D eigenvalue weighted by atomic mass is 9.97. The summed E-state index contributed by atoms with van der Waals surface area (Å²) in [5.41, 5.74) is -0.607. The first-order valence-electron chi connectivity index (χ1n) is 6.56. The number of nitro benzene ring substituents is 1. The van der Waals surface area contributed by atoms with Crippen LogP contribution in [0.3, 0.4) is 0 Å². The molecular weight excluding hydrogens is 268 g/mol. The third kappa shape index (κ3) is 3.04. The topological polar surface area (TPSA) is 58.4 Å². The van der Waals surface area contributed by atoms with E-state index in [1.165, 1.54) is 0 Å². The molecule has 0 amide bonds. The van der Waals surface area contributed by atoms with E-state index in [0.717, 1.165) is 25.5 Å². The number of benzene rings is 1. The van der Waals surface area contributed by atoms with Crippen LogP contribution in [-0.2, 0) is 0 Å². The zero-order valence-corrected chi connectivity index (χ0v) is 11.2. The number of nitrogens with one attached hydrogen (secondary N) is 1. The van der Waals surface area contributed by atoms with Crippen molar-refractivity contribution in [3.05, 3.63) is 33.9 Å². The maximum Gasteiger partial charge on any atom is 0.328 e. The second-order valence-corrected chi connectivity index (χ2v) is 5.02. The molecular formula is C13H17F2N3O2. The number of nitrogens with zero attached hydrogens (tertiary/aromatic N) is 2. The first-order valence-corrected chi connectivity index (χ1v) is 6.56. The van der Waals surface area contributed by atoms with Gasteiger partial charge >= 0.3 is 5.69 Å². The molecule has 110 valence electrons. The zero-order chi connectivity index (χ0) is 14.7. The van der Waals surface area contributed by atoms with E-state index in [1.54, 1.807) is 4.90 Å². The van der Waals surface area contributed by atoms with E-state index in [4.69, 9.17) is 0 Å². The summed E-state index contributed by atoms with van der Waals surface area (Å²) in [6.07, 6.45) is 1.85. The van der Waals surface area contributed by atoms with Crippen LogP contribution in [0.1, 0.15) is 12.8 Å². The molecule has 1 aromatic carbocycles. The lowest BCUT2D eigenvalue weighted by Gasteiger charge is -2.34. The fraction of sp³-hybridized carbons (Fsp3) is 0.538. The monoisotopic (exact) mass is 285 g/mol. The van der Waals surface area contributed by atoms with Crippen LogP contribution in [0.5, 0.6) is 0 Å². The summed E-state index contributed by atoms with van der Waals surface area (Å²) in [5, 5.41) is 14.1. The first kappa shape index (κ1) is 14.6. The van der Waals surface area contributed by atoms with Gasteiger partial charge in [-0.05, 0) is 32.4 Å². The molecule has 1 N–H and O–H groups in total. The standard InChI is InChI=1S/C13H17F2N3O2/c1-16-7-9-3-2-4-17(8-9)12-6-10(14)5-11(15)13(12)18(19)20/h5-6,9,16H,2-4,7-8H2,1H3. The van der Waals surface area contributed by atoms with Gasteiger partial charge in [0.2, 0.25) is 5.82 Å². The minimum atomic E-state index is -1.12. The zero-order valence-electron chi connectivity index (χ0n) is 11.2. The molecule has 0 spiro atoms. The summed E-state index contributed by atoms with van der Waals surface area (Å²) >= 11 is 0. The fourth-order valence-electron chi connectivity index (χ4n) is 2.71. The molecule has 20 heavy (non-hydrogen) atoms. The molecule has 2 rings (SSSR count). The Labute approximate surface area is 115 Å². The van der Waals surface area contributed by atoms with Crippen molar-refractivity contribution in [2.45, 2.75) is 12.8 Å². The maximum atomic E-state index is 13.6. The minimum absolute atomic E-state index is 0.0355. The molecule has 1 fully saturated rings. The summed E-state index contributed by atoms with van der Waals surface area (Å²) in [5.74, 6) is -1.60. The number of hydrogen-bond donors (Lipinski definition) is 1. The van der Waals surface area contributed by atoms with Crippen molar-refractivity contribution in [1.29, 1.82) is 0 Å².